The van der Waals surface area contributed by atoms with Gasteiger partial charge >= 0.3 is 0 Å². The smallest absolute Gasteiger partial charge is 0.223 e. The molecule has 3 atom stereocenters. The van der Waals surface area contributed by atoms with Crippen LogP contribution in [-0.4, -0.2) is 36.0 Å². The number of aliphatic hydroxyl groups excluding tert-OH is 1. The maximum atomic E-state index is 12.2. The molecule has 1 aliphatic rings. The summed E-state index contributed by atoms with van der Waals surface area (Å²) in [5.41, 5.74) is 0. The number of nitrogens with zero attached hydrogens (tertiary/aromatic N) is 1. The fourth-order valence-electron chi connectivity index (χ4n) is 2.29. The Kier molecular flexibility index (Phi) is 3.61. The monoisotopic (exact) mass is 255 g/mol. The zero-order chi connectivity index (χ0) is 13.6. The highest BCUT2D eigenvalue weighted by Crippen LogP contribution is 2.45. The van der Waals surface area contributed by atoms with E-state index < -0.39 is 14.3 Å². The van der Waals surface area contributed by atoms with E-state index in [0.717, 1.165) is 0 Å². The topological polar surface area (TPSA) is 40.5 Å². The number of hydrogen-bond donors (Lipinski definition) is 1. The minimum absolute atomic E-state index is 0.00314. The summed E-state index contributed by atoms with van der Waals surface area (Å²) in [7, 11) is -1.85. The Morgan fingerprint density at radius 3 is 2.24 bits per heavy atom. The van der Waals surface area contributed by atoms with E-state index in [9.17, 15) is 9.90 Å². The van der Waals surface area contributed by atoms with Gasteiger partial charge in [0.05, 0.1) is 18.1 Å². The number of aliphatic hydroxyl groups is 1. The Balaban J connectivity index is 3.02. The fraction of sp³-hybridized carbons (Fsp3) is 0.769. The van der Waals surface area contributed by atoms with E-state index in [1.54, 1.807) is 13.0 Å². The molecule has 98 valence electrons. The van der Waals surface area contributed by atoms with Gasteiger partial charge in [-0.05, 0) is 12.0 Å². The van der Waals surface area contributed by atoms with Crippen LogP contribution in [0.3, 0.4) is 0 Å². The molecule has 3 nitrogen and oxygen atoms in total. The third-order valence-corrected chi connectivity index (χ3v) is 9.78. The van der Waals surface area contributed by atoms with Crippen molar-refractivity contribution in [1.29, 1.82) is 0 Å². The second kappa shape index (κ2) is 4.25. The fourth-order valence-corrected chi connectivity index (χ4v) is 4.72. The van der Waals surface area contributed by atoms with Crippen molar-refractivity contribution in [3.63, 3.8) is 0 Å². The standard InChI is InChI=1S/C13H25NO2Si/c1-8-10-11(9(2)15)12(16)14(10)17(6,7)13(3,4)5/h8-11,15H,1H2,2-7H3. The molecule has 0 aliphatic carbocycles. The van der Waals surface area contributed by atoms with Gasteiger partial charge in [-0.3, -0.25) is 4.79 Å². The molecule has 4 heteroatoms. The van der Waals surface area contributed by atoms with Gasteiger partial charge in [-0.2, -0.15) is 0 Å². The first-order valence-electron chi connectivity index (χ1n) is 6.19. The summed E-state index contributed by atoms with van der Waals surface area (Å²) < 4.78 is 2.00. The van der Waals surface area contributed by atoms with E-state index in [4.69, 9.17) is 0 Å². The van der Waals surface area contributed by atoms with Crippen LogP contribution in [0.2, 0.25) is 18.1 Å². The summed E-state index contributed by atoms with van der Waals surface area (Å²) in [5, 5.41) is 9.77. The van der Waals surface area contributed by atoms with Crippen LogP contribution in [0, 0.1) is 5.92 Å². The van der Waals surface area contributed by atoms with Gasteiger partial charge in [-0.25, -0.2) is 0 Å². The number of β-lactam (4-membered cyclic amide) rings is 1. The quantitative estimate of drug-likeness (QED) is 0.478. The Labute approximate surface area is 106 Å². The molecule has 3 unspecified atom stereocenters. The Bertz CT molecular complexity index is 331. The first kappa shape index (κ1) is 14.4. The van der Waals surface area contributed by atoms with Crippen LogP contribution in [0.4, 0.5) is 0 Å². The van der Waals surface area contributed by atoms with Gasteiger partial charge in [0.25, 0.3) is 0 Å². The van der Waals surface area contributed by atoms with E-state index in [2.05, 4.69) is 40.4 Å². The molecule has 1 heterocycles. The summed E-state index contributed by atoms with van der Waals surface area (Å²) in [6.45, 7) is 16.5. The van der Waals surface area contributed by atoms with Crippen molar-refractivity contribution in [3.8, 4) is 0 Å². The van der Waals surface area contributed by atoms with Gasteiger partial charge in [0.2, 0.25) is 5.91 Å². The highest BCUT2D eigenvalue weighted by atomic mass is 28.3. The van der Waals surface area contributed by atoms with Gasteiger partial charge in [0, 0.05) is 0 Å². The lowest BCUT2D eigenvalue weighted by atomic mass is 9.86. The summed E-state index contributed by atoms with van der Waals surface area (Å²) in [4.78, 5) is 12.2. The van der Waals surface area contributed by atoms with Crippen molar-refractivity contribution in [3.05, 3.63) is 12.7 Å². The predicted molar refractivity (Wildman–Crippen MR) is 73.2 cm³/mol. The lowest BCUT2D eigenvalue weighted by Gasteiger charge is -2.58. The van der Waals surface area contributed by atoms with Crippen LogP contribution >= 0.6 is 0 Å². The maximum absolute atomic E-state index is 12.2. The SMILES string of the molecule is C=CC1C(C(C)O)C(=O)N1[Si](C)(C)C(C)(C)C. The van der Waals surface area contributed by atoms with Crippen molar-refractivity contribution in [1.82, 2.24) is 4.57 Å². The first-order valence-corrected chi connectivity index (χ1v) is 9.14. The molecule has 0 saturated carbocycles. The summed E-state index contributed by atoms with van der Waals surface area (Å²) in [5.74, 6) is -0.196. The highest BCUT2D eigenvalue weighted by molar-refractivity contribution is 6.80. The summed E-state index contributed by atoms with van der Waals surface area (Å²) >= 11 is 0. The van der Waals surface area contributed by atoms with E-state index in [-0.39, 0.29) is 22.9 Å². The molecule has 0 aromatic carbocycles. The van der Waals surface area contributed by atoms with Gasteiger partial charge in [-0.1, -0.05) is 39.9 Å². The zero-order valence-corrected chi connectivity index (χ0v) is 12.8. The molecule has 1 rings (SSSR count). The lowest BCUT2D eigenvalue weighted by Crippen LogP contribution is -2.73. The Morgan fingerprint density at radius 2 is 1.94 bits per heavy atom. The molecule has 1 amide bonds. The molecule has 1 N–H and O–H groups in total. The number of carbonyl (C=O) groups excluding carboxylic acids is 1. The highest BCUT2D eigenvalue weighted by Gasteiger charge is 2.57. The molecule has 0 spiro atoms. The van der Waals surface area contributed by atoms with Crippen LogP contribution in [0.5, 0.6) is 0 Å². The number of amides is 1. The van der Waals surface area contributed by atoms with Crippen LogP contribution in [0.1, 0.15) is 27.7 Å². The molecule has 1 aliphatic heterocycles. The lowest BCUT2D eigenvalue weighted by molar-refractivity contribution is -0.151. The van der Waals surface area contributed by atoms with Crippen molar-refractivity contribution in [2.75, 3.05) is 0 Å². The predicted octanol–water partition coefficient (Wildman–Crippen LogP) is 2.39. The normalized spacial score (nSPS) is 27.7. The van der Waals surface area contributed by atoms with Gasteiger partial charge in [-0.15, -0.1) is 6.58 Å². The number of carbonyl (C=O) groups is 1. The third-order valence-electron chi connectivity index (χ3n) is 4.39. The molecule has 17 heavy (non-hydrogen) atoms. The second-order valence-electron chi connectivity index (χ2n) is 6.51. The zero-order valence-electron chi connectivity index (χ0n) is 11.8. The van der Waals surface area contributed by atoms with Crippen molar-refractivity contribution in [2.45, 2.75) is 58.0 Å². The molecular formula is C13H25NO2Si. The molecule has 1 saturated heterocycles. The first-order chi connectivity index (χ1) is 7.55. The van der Waals surface area contributed by atoms with Crippen molar-refractivity contribution >= 4 is 14.1 Å². The van der Waals surface area contributed by atoms with Crippen molar-refractivity contribution < 1.29 is 9.90 Å². The third kappa shape index (κ3) is 2.08. The van der Waals surface area contributed by atoms with E-state index >= 15 is 0 Å². The largest absolute Gasteiger partial charge is 0.392 e. The molecule has 0 radical (unpaired) electrons. The molecule has 0 aromatic heterocycles. The maximum Gasteiger partial charge on any atom is 0.223 e. The average molecular weight is 255 g/mol. The summed E-state index contributed by atoms with van der Waals surface area (Å²) in [6, 6.07) is 0.00314. The van der Waals surface area contributed by atoms with Crippen LogP contribution in [0.25, 0.3) is 0 Å². The van der Waals surface area contributed by atoms with Gasteiger partial charge in [0.15, 0.2) is 8.24 Å². The van der Waals surface area contributed by atoms with Gasteiger partial charge < -0.3 is 9.67 Å². The van der Waals surface area contributed by atoms with Crippen molar-refractivity contribution in [2.24, 2.45) is 5.92 Å². The summed E-state index contributed by atoms with van der Waals surface area (Å²) in [6.07, 6.45) is 1.21. The van der Waals surface area contributed by atoms with Crippen LogP contribution in [-0.2, 0) is 4.79 Å². The number of rotatable bonds is 3. The minimum atomic E-state index is -1.85. The molecule has 0 aromatic rings. The van der Waals surface area contributed by atoms with E-state index in [1.807, 2.05) is 4.57 Å². The molecular weight excluding hydrogens is 230 g/mol. The molecule has 0 bridgehead atoms. The number of hydrogen-bond acceptors (Lipinski definition) is 2. The molecule has 1 fully saturated rings. The second-order valence-corrected chi connectivity index (χ2v) is 11.6. The van der Waals surface area contributed by atoms with E-state index in [1.165, 1.54) is 0 Å². The van der Waals surface area contributed by atoms with E-state index in [0.29, 0.717) is 0 Å². The van der Waals surface area contributed by atoms with Crippen LogP contribution in [0.15, 0.2) is 12.7 Å². The van der Waals surface area contributed by atoms with Crippen LogP contribution < -0.4 is 0 Å². The van der Waals surface area contributed by atoms with Gasteiger partial charge in [0.1, 0.15) is 0 Å². The minimum Gasteiger partial charge on any atom is -0.392 e. The Morgan fingerprint density at radius 1 is 1.47 bits per heavy atom. The average Bonchev–Trinajstić information content (AvgIpc) is 2.10. The Hall–Kier alpha value is -0.613.